The van der Waals surface area contributed by atoms with Gasteiger partial charge in [0.1, 0.15) is 29.3 Å². The standard InChI is InChI=1S/C30H37N5O5/c1-4-38-25-17-21(18-26(39-5-2)29(25)34-15-6-7-16-34)19-35(22-11-13-31-14-12-22)30-33-28-23(32-27(36)20-37-3)9-8-10-24(28)40-30/h6-10,15-18,22,31H,4-5,11-14,19-20H2,1-3H3,(H,32,36). The van der Waals surface area contributed by atoms with Crippen molar-refractivity contribution in [2.24, 2.45) is 0 Å². The lowest BCUT2D eigenvalue weighted by molar-refractivity contribution is -0.119. The molecule has 2 aromatic heterocycles. The quantitative estimate of drug-likeness (QED) is 0.262. The van der Waals surface area contributed by atoms with Crippen LogP contribution in [-0.4, -0.2) is 61.5 Å². The minimum Gasteiger partial charge on any atom is -0.492 e. The van der Waals surface area contributed by atoms with Crippen molar-refractivity contribution in [1.82, 2.24) is 14.9 Å². The number of rotatable bonds is 12. The van der Waals surface area contributed by atoms with E-state index in [1.54, 1.807) is 0 Å². The predicted octanol–water partition coefficient (Wildman–Crippen LogP) is 4.76. The molecule has 0 spiro atoms. The number of ether oxygens (including phenoxy) is 3. The zero-order valence-corrected chi connectivity index (χ0v) is 23.3. The first kappa shape index (κ1) is 27.5. The van der Waals surface area contributed by atoms with Crippen LogP contribution in [0.4, 0.5) is 11.7 Å². The molecule has 2 aromatic carbocycles. The molecule has 10 heteroatoms. The summed E-state index contributed by atoms with van der Waals surface area (Å²) in [7, 11) is 1.49. The molecule has 0 aliphatic carbocycles. The number of carbonyl (C=O) groups is 1. The number of anilines is 2. The van der Waals surface area contributed by atoms with Crippen LogP contribution in [0.3, 0.4) is 0 Å². The van der Waals surface area contributed by atoms with Crippen molar-refractivity contribution < 1.29 is 23.4 Å². The lowest BCUT2D eigenvalue weighted by Gasteiger charge is -2.34. The number of aromatic nitrogens is 2. The second-order valence-electron chi connectivity index (χ2n) is 9.64. The topological polar surface area (TPSA) is 103 Å². The number of nitrogens with zero attached hydrogens (tertiary/aromatic N) is 3. The van der Waals surface area contributed by atoms with Gasteiger partial charge >= 0.3 is 0 Å². The molecule has 3 heterocycles. The molecule has 1 fully saturated rings. The van der Waals surface area contributed by atoms with Gasteiger partial charge < -0.3 is 38.7 Å². The largest absolute Gasteiger partial charge is 0.492 e. The predicted molar refractivity (Wildman–Crippen MR) is 155 cm³/mol. The van der Waals surface area contributed by atoms with E-state index >= 15 is 0 Å². The Morgan fingerprint density at radius 3 is 2.45 bits per heavy atom. The van der Waals surface area contributed by atoms with E-state index in [4.69, 9.17) is 23.6 Å². The summed E-state index contributed by atoms with van der Waals surface area (Å²) in [4.78, 5) is 19.3. The van der Waals surface area contributed by atoms with E-state index in [9.17, 15) is 4.79 Å². The van der Waals surface area contributed by atoms with Crippen LogP contribution in [0.1, 0.15) is 32.3 Å². The number of hydrogen-bond acceptors (Lipinski definition) is 8. The van der Waals surface area contributed by atoms with Gasteiger partial charge in [-0.15, -0.1) is 0 Å². The molecule has 1 aliphatic rings. The van der Waals surface area contributed by atoms with Gasteiger partial charge in [-0.1, -0.05) is 6.07 Å². The van der Waals surface area contributed by atoms with Crippen LogP contribution in [0, 0.1) is 0 Å². The monoisotopic (exact) mass is 547 g/mol. The smallest absolute Gasteiger partial charge is 0.299 e. The highest BCUT2D eigenvalue weighted by Gasteiger charge is 2.27. The average molecular weight is 548 g/mol. The number of fused-ring (bicyclic) bond motifs is 1. The van der Waals surface area contributed by atoms with Crippen LogP contribution in [-0.2, 0) is 16.1 Å². The Labute approximate surface area is 234 Å². The highest BCUT2D eigenvalue weighted by atomic mass is 16.5. The second kappa shape index (κ2) is 12.9. The van der Waals surface area contributed by atoms with Crippen LogP contribution < -0.4 is 25.0 Å². The van der Waals surface area contributed by atoms with Crippen LogP contribution >= 0.6 is 0 Å². The van der Waals surface area contributed by atoms with E-state index < -0.39 is 0 Å². The fraction of sp³-hybridized carbons (Fsp3) is 0.400. The third-order valence-corrected chi connectivity index (χ3v) is 6.87. The van der Waals surface area contributed by atoms with Gasteiger partial charge in [-0.2, -0.15) is 4.98 Å². The molecule has 212 valence electrons. The van der Waals surface area contributed by atoms with E-state index in [-0.39, 0.29) is 18.6 Å². The summed E-state index contributed by atoms with van der Waals surface area (Å²) >= 11 is 0. The molecule has 10 nitrogen and oxygen atoms in total. The third kappa shape index (κ3) is 6.08. The van der Waals surface area contributed by atoms with Crippen LogP contribution in [0.5, 0.6) is 11.5 Å². The van der Waals surface area contributed by atoms with Gasteiger partial charge in [0.2, 0.25) is 5.91 Å². The van der Waals surface area contributed by atoms with Crippen LogP contribution in [0.15, 0.2) is 59.3 Å². The maximum Gasteiger partial charge on any atom is 0.299 e. The summed E-state index contributed by atoms with van der Waals surface area (Å²) in [5.41, 5.74) is 3.71. The fourth-order valence-electron chi connectivity index (χ4n) is 5.14. The van der Waals surface area contributed by atoms with Crippen molar-refractivity contribution in [2.45, 2.75) is 39.3 Å². The Morgan fingerprint density at radius 1 is 1.10 bits per heavy atom. The lowest BCUT2D eigenvalue weighted by Crippen LogP contribution is -2.43. The van der Waals surface area contributed by atoms with Gasteiger partial charge in [0.15, 0.2) is 5.58 Å². The molecular formula is C30H37N5O5. The second-order valence-corrected chi connectivity index (χ2v) is 9.64. The van der Waals surface area contributed by atoms with Gasteiger partial charge in [-0.25, -0.2) is 0 Å². The maximum atomic E-state index is 12.2. The summed E-state index contributed by atoms with van der Waals surface area (Å²) in [6.07, 6.45) is 5.88. The van der Waals surface area contributed by atoms with E-state index in [0.717, 1.165) is 48.7 Å². The number of carbonyl (C=O) groups excluding carboxylic acids is 1. The molecule has 1 saturated heterocycles. The molecule has 40 heavy (non-hydrogen) atoms. The van der Waals surface area contributed by atoms with Crippen molar-refractivity contribution in [2.75, 3.05) is 50.2 Å². The Hall–Kier alpha value is -4.02. The van der Waals surface area contributed by atoms with E-state index in [0.29, 0.717) is 42.6 Å². The van der Waals surface area contributed by atoms with Crippen molar-refractivity contribution in [3.8, 4) is 17.2 Å². The zero-order valence-electron chi connectivity index (χ0n) is 23.3. The van der Waals surface area contributed by atoms with Gasteiger partial charge in [-0.05, 0) is 81.7 Å². The maximum absolute atomic E-state index is 12.2. The first-order chi connectivity index (χ1) is 19.6. The van der Waals surface area contributed by atoms with Gasteiger partial charge in [0.05, 0.1) is 18.9 Å². The Balaban J connectivity index is 1.54. The molecule has 5 rings (SSSR count). The molecule has 0 saturated carbocycles. The van der Waals surface area contributed by atoms with Crippen molar-refractivity contribution in [3.63, 3.8) is 0 Å². The minimum atomic E-state index is -0.246. The van der Waals surface area contributed by atoms with E-state index in [1.807, 2.05) is 61.1 Å². The number of piperidine rings is 1. The average Bonchev–Trinajstić information content (AvgIpc) is 3.64. The lowest BCUT2D eigenvalue weighted by atomic mass is 10.0. The van der Waals surface area contributed by atoms with Gasteiger partial charge in [0, 0.05) is 32.1 Å². The first-order valence-corrected chi connectivity index (χ1v) is 13.8. The number of hydrogen-bond donors (Lipinski definition) is 2. The van der Waals surface area contributed by atoms with Crippen molar-refractivity contribution in [3.05, 3.63) is 60.4 Å². The molecule has 1 amide bonds. The fourth-order valence-corrected chi connectivity index (χ4v) is 5.14. The summed E-state index contributed by atoms with van der Waals surface area (Å²) in [5.74, 6) is 1.26. The van der Waals surface area contributed by atoms with Gasteiger partial charge in [-0.3, -0.25) is 4.79 Å². The zero-order chi connectivity index (χ0) is 27.9. The Morgan fingerprint density at radius 2 is 1.80 bits per heavy atom. The summed E-state index contributed by atoms with van der Waals surface area (Å²) in [6.45, 7) is 7.38. The number of methoxy groups -OCH3 is 1. The van der Waals surface area contributed by atoms with Crippen LogP contribution in [0.25, 0.3) is 16.8 Å². The molecule has 0 radical (unpaired) electrons. The highest BCUT2D eigenvalue weighted by Crippen LogP contribution is 2.37. The molecule has 1 aliphatic heterocycles. The molecule has 0 atom stereocenters. The van der Waals surface area contributed by atoms with E-state index in [2.05, 4.69) is 27.7 Å². The number of para-hydroxylation sites is 1. The number of amides is 1. The summed E-state index contributed by atoms with van der Waals surface area (Å²) < 4.78 is 25.6. The van der Waals surface area contributed by atoms with Crippen LogP contribution in [0.2, 0.25) is 0 Å². The Bertz CT molecular complexity index is 1380. The minimum absolute atomic E-state index is 0.0361. The highest BCUT2D eigenvalue weighted by molar-refractivity contribution is 5.99. The molecular weight excluding hydrogens is 510 g/mol. The molecule has 2 N–H and O–H groups in total. The Kier molecular flexibility index (Phi) is 8.87. The van der Waals surface area contributed by atoms with Crippen molar-refractivity contribution in [1.29, 1.82) is 0 Å². The molecule has 0 unspecified atom stereocenters. The SMILES string of the molecule is CCOc1cc(CN(c2nc3c(NC(=O)COC)cccc3o2)C2CCNCC2)cc(OCC)c1-n1cccc1. The number of oxazole rings is 1. The van der Waals surface area contributed by atoms with Crippen molar-refractivity contribution >= 4 is 28.7 Å². The van der Waals surface area contributed by atoms with Gasteiger partial charge in [0.25, 0.3) is 6.01 Å². The summed E-state index contributed by atoms with van der Waals surface area (Å²) in [6, 6.07) is 14.4. The normalized spacial score (nSPS) is 13.9. The number of nitrogens with one attached hydrogen (secondary N) is 2. The number of benzene rings is 2. The molecule has 4 aromatic rings. The van der Waals surface area contributed by atoms with E-state index in [1.165, 1.54) is 7.11 Å². The third-order valence-electron chi connectivity index (χ3n) is 6.87. The first-order valence-electron chi connectivity index (χ1n) is 13.8. The summed E-state index contributed by atoms with van der Waals surface area (Å²) in [5, 5.41) is 6.33. The molecule has 0 bridgehead atoms.